The van der Waals surface area contributed by atoms with Crippen molar-refractivity contribution in [1.82, 2.24) is 15.5 Å². The molecule has 128 valence electrons. The summed E-state index contributed by atoms with van der Waals surface area (Å²) >= 11 is 0. The van der Waals surface area contributed by atoms with Crippen LogP contribution in [0.4, 0.5) is 0 Å². The molecule has 1 unspecified atom stereocenters. The molecule has 0 fully saturated rings. The van der Waals surface area contributed by atoms with Gasteiger partial charge in [-0.1, -0.05) is 17.7 Å². The van der Waals surface area contributed by atoms with Crippen molar-refractivity contribution in [3.63, 3.8) is 0 Å². The van der Waals surface area contributed by atoms with Crippen molar-refractivity contribution >= 4 is 5.91 Å². The average molecular weight is 337 g/mol. The third kappa shape index (κ3) is 3.92. The summed E-state index contributed by atoms with van der Waals surface area (Å²) in [5.74, 6) is 0.610. The lowest BCUT2D eigenvalue weighted by molar-refractivity contribution is 0.0922. The SMILES string of the molecule is Cc1ccc(-c2nnc(-c3ccc(C(=O)NC(C)CO)cc3)o2)cc1. The van der Waals surface area contributed by atoms with Crippen LogP contribution >= 0.6 is 0 Å². The fourth-order valence-corrected chi connectivity index (χ4v) is 2.27. The van der Waals surface area contributed by atoms with Gasteiger partial charge in [0.25, 0.3) is 5.91 Å². The molecule has 0 aliphatic rings. The zero-order chi connectivity index (χ0) is 17.8. The Hall–Kier alpha value is -2.99. The molecule has 1 heterocycles. The van der Waals surface area contributed by atoms with Crippen LogP contribution in [0.2, 0.25) is 0 Å². The molecular formula is C19H19N3O3. The molecule has 0 aliphatic heterocycles. The van der Waals surface area contributed by atoms with Crippen molar-refractivity contribution in [2.45, 2.75) is 19.9 Å². The Bertz CT molecular complexity index is 854. The number of nitrogens with zero attached hydrogens (tertiary/aromatic N) is 2. The first kappa shape index (κ1) is 16.9. The van der Waals surface area contributed by atoms with Crippen molar-refractivity contribution in [3.8, 4) is 22.9 Å². The molecule has 3 aromatic rings. The number of hydrogen-bond donors (Lipinski definition) is 2. The Morgan fingerprint density at radius 2 is 1.56 bits per heavy atom. The molecule has 6 nitrogen and oxygen atoms in total. The first-order chi connectivity index (χ1) is 12.1. The first-order valence-electron chi connectivity index (χ1n) is 7.99. The van der Waals surface area contributed by atoms with E-state index in [0.29, 0.717) is 17.3 Å². The zero-order valence-electron chi connectivity index (χ0n) is 14.1. The van der Waals surface area contributed by atoms with Gasteiger partial charge in [0.15, 0.2) is 0 Å². The molecule has 1 atom stereocenters. The van der Waals surface area contributed by atoms with Crippen LogP contribution < -0.4 is 5.32 Å². The number of nitrogens with one attached hydrogen (secondary N) is 1. The highest BCUT2D eigenvalue weighted by Crippen LogP contribution is 2.24. The minimum absolute atomic E-state index is 0.104. The third-order valence-electron chi connectivity index (χ3n) is 3.77. The van der Waals surface area contributed by atoms with Crippen molar-refractivity contribution in [1.29, 1.82) is 0 Å². The Morgan fingerprint density at radius 3 is 2.08 bits per heavy atom. The van der Waals surface area contributed by atoms with E-state index in [2.05, 4.69) is 15.5 Å². The third-order valence-corrected chi connectivity index (χ3v) is 3.77. The molecule has 0 saturated carbocycles. The maximum absolute atomic E-state index is 12.0. The lowest BCUT2D eigenvalue weighted by Gasteiger charge is -2.10. The smallest absolute Gasteiger partial charge is 0.251 e. The summed E-state index contributed by atoms with van der Waals surface area (Å²) in [7, 11) is 0. The molecule has 0 spiro atoms. The molecule has 0 saturated heterocycles. The van der Waals surface area contributed by atoms with Gasteiger partial charge >= 0.3 is 0 Å². The number of benzene rings is 2. The van der Waals surface area contributed by atoms with Gasteiger partial charge in [-0.15, -0.1) is 10.2 Å². The minimum atomic E-state index is -0.291. The summed E-state index contributed by atoms with van der Waals surface area (Å²) < 4.78 is 5.72. The number of hydrogen-bond acceptors (Lipinski definition) is 5. The van der Waals surface area contributed by atoms with Gasteiger partial charge in [-0.2, -0.15) is 0 Å². The number of amides is 1. The maximum Gasteiger partial charge on any atom is 0.251 e. The molecule has 1 aromatic heterocycles. The fraction of sp³-hybridized carbons (Fsp3) is 0.211. The number of rotatable bonds is 5. The van der Waals surface area contributed by atoms with Gasteiger partial charge in [-0.3, -0.25) is 4.79 Å². The highest BCUT2D eigenvalue weighted by atomic mass is 16.4. The van der Waals surface area contributed by atoms with E-state index in [0.717, 1.165) is 16.7 Å². The number of aliphatic hydroxyl groups is 1. The van der Waals surface area contributed by atoms with E-state index in [4.69, 9.17) is 9.52 Å². The minimum Gasteiger partial charge on any atom is -0.416 e. The van der Waals surface area contributed by atoms with Crippen LogP contribution in [0.1, 0.15) is 22.8 Å². The van der Waals surface area contributed by atoms with Crippen LogP contribution in [-0.2, 0) is 0 Å². The topological polar surface area (TPSA) is 88.2 Å². The van der Waals surface area contributed by atoms with Crippen molar-refractivity contribution in [2.24, 2.45) is 0 Å². The van der Waals surface area contributed by atoms with Crippen molar-refractivity contribution < 1.29 is 14.3 Å². The molecule has 1 amide bonds. The van der Waals surface area contributed by atoms with Crippen molar-refractivity contribution in [3.05, 3.63) is 59.7 Å². The van der Waals surface area contributed by atoms with E-state index in [1.54, 1.807) is 31.2 Å². The molecule has 0 aliphatic carbocycles. The van der Waals surface area contributed by atoms with Crippen LogP contribution in [0.25, 0.3) is 22.9 Å². The van der Waals surface area contributed by atoms with Gasteiger partial charge in [0.2, 0.25) is 11.8 Å². The summed E-state index contributed by atoms with van der Waals surface area (Å²) in [5, 5.41) is 19.8. The van der Waals surface area contributed by atoms with Gasteiger partial charge in [-0.05, 0) is 50.2 Å². The van der Waals surface area contributed by atoms with E-state index in [-0.39, 0.29) is 18.6 Å². The van der Waals surface area contributed by atoms with E-state index >= 15 is 0 Å². The highest BCUT2D eigenvalue weighted by molar-refractivity contribution is 5.94. The maximum atomic E-state index is 12.0. The van der Waals surface area contributed by atoms with Gasteiger partial charge < -0.3 is 14.8 Å². The summed E-state index contributed by atoms with van der Waals surface area (Å²) in [6, 6.07) is 14.4. The molecule has 6 heteroatoms. The van der Waals surface area contributed by atoms with Gasteiger partial charge in [0.1, 0.15) is 0 Å². The Kier molecular flexibility index (Phi) is 4.90. The van der Waals surface area contributed by atoms with Crippen LogP contribution in [0, 0.1) is 6.92 Å². The number of aromatic nitrogens is 2. The fourth-order valence-electron chi connectivity index (χ4n) is 2.27. The summed E-state index contributed by atoms with van der Waals surface area (Å²) in [6.45, 7) is 3.65. The normalized spacial score (nSPS) is 12.0. The number of aliphatic hydroxyl groups excluding tert-OH is 1. The Labute approximate surface area is 145 Å². The first-order valence-corrected chi connectivity index (χ1v) is 7.99. The second-order valence-electron chi connectivity index (χ2n) is 5.91. The molecular weight excluding hydrogens is 318 g/mol. The molecule has 0 radical (unpaired) electrons. The monoisotopic (exact) mass is 337 g/mol. The molecule has 0 bridgehead atoms. The largest absolute Gasteiger partial charge is 0.416 e. The summed E-state index contributed by atoms with van der Waals surface area (Å²) in [5.41, 5.74) is 3.26. The van der Waals surface area contributed by atoms with E-state index in [9.17, 15) is 4.79 Å². The van der Waals surface area contributed by atoms with Gasteiger partial charge in [-0.25, -0.2) is 0 Å². The predicted molar refractivity (Wildman–Crippen MR) is 93.9 cm³/mol. The summed E-state index contributed by atoms with van der Waals surface area (Å²) in [6.07, 6.45) is 0. The average Bonchev–Trinajstić information content (AvgIpc) is 3.12. The standard InChI is InChI=1S/C19H19N3O3/c1-12-3-5-15(6-4-12)18-21-22-19(25-18)16-9-7-14(8-10-16)17(24)20-13(2)11-23/h3-10,13,23H,11H2,1-2H3,(H,20,24). The second-order valence-corrected chi connectivity index (χ2v) is 5.91. The lowest BCUT2D eigenvalue weighted by atomic mass is 10.1. The van der Waals surface area contributed by atoms with E-state index in [1.165, 1.54) is 0 Å². The van der Waals surface area contributed by atoms with E-state index < -0.39 is 0 Å². The number of carbonyl (C=O) groups excluding carboxylic acids is 1. The van der Waals surface area contributed by atoms with Crippen LogP contribution in [-0.4, -0.2) is 33.9 Å². The molecule has 2 N–H and O–H groups in total. The Balaban J connectivity index is 1.77. The second kappa shape index (κ2) is 7.27. The quantitative estimate of drug-likeness (QED) is 0.747. The highest BCUT2D eigenvalue weighted by Gasteiger charge is 2.12. The van der Waals surface area contributed by atoms with E-state index in [1.807, 2.05) is 31.2 Å². The number of carbonyl (C=O) groups is 1. The van der Waals surface area contributed by atoms with Crippen LogP contribution in [0.5, 0.6) is 0 Å². The molecule has 2 aromatic carbocycles. The lowest BCUT2D eigenvalue weighted by Crippen LogP contribution is -2.34. The van der Waals surface area contributed by atoms with Crippen LogP contribution in [0.15, 0.2) is 52.9 Å². The van der Waals surface area contributed by atoms with Crippen molar-refractivity contribution in [2.75, 3.05) is 6.61 Å². The van der Waals surface area contributed by atoms with Crippen LogP contribution in [0.3, 0.4) is 0 Å². The van der Waals surface area contributed by atoms with Gasteiger partial charge in [0.05, 0.1) is 6.61 Å². The molecule has 3 rings (SSSR count). The summed E-state index contributed by atoms with van der Waals surface area (Å²) in [4.78, 5) is 12.0. The number of aryl methyl sites for hydroxylation is 1. The Morgan fingerprint density at radius 1 is 1.04 bits per heavy atom. The molecule has 25 heavy (non-hydrogen) atoms. The zero-order valence-corrected chi connectivity index (χ0v) is 14.1. The van der Waals surface area contributed by atoms with Gasteiger partial charge in [0, 0.05) is 22.7 Å². The predicted octanol–water partition coefficient (Wildman–Crippen LogP) is 2.82.